The second-order valence-electron chi connectivity index (χ2n) is 2.89. The molecule has 0 spiro atoms. The molecule has 1 amide bonds. The molecule has 0 aliphatic rings. The van der Waals surface area contributed by atoms with Gasteiger partial charge in [-0.3, -0.25) is 4.79 Å². The number of hydrogen-bond acceptors (Lipinski definition) is 2. The van der Waals surface area contributed by atoms with Gasteiger partial charge in [0.1, 0.15) is 12.4 Å². The summed E-state index contributed by atoms with van der Waals surface area (Å²) in [6, 6.07) is 6.20. The second-order valence-corrected chi connectivity index (χ2v) is 2.89. The highest BCUT2D eigenvalue weighted by atomic mass is 19.1. The third kappa shape index (κ3) is 3.53. The van der Waals surface area contributed by atoms with Crippen LogP contribution < -0.4 is 5.32 Å². The van der Waals surface area contributed by atoms with Gasteiger partial charge in [-0.25, -0.2) is 4.39 Å². The first-order chi connectivity index (χ1) is 6.72. The first-order valence-electron chi connectivity index (χ1n) is 4.34. The third-order valence-electron chi connectivity index (χ3n) is 1.77. The summed E-state index contributed by atoms with van der Waals surface area (Å²) >= 11 is 0. The topological polar surface area (TPSA) is 49.3 Å². The minimum absolute atomic E-state index is 0.281. The Morgan fingerprint density at radius 2 is 2.29 bits per heavy atom. The molecule has 1 aromatic rings. The molecule has 0 radical (unpaired) electrons. The Labute approximate surface area is 81.6 Å². The molecule has 0 aliphatic carbocycles. The van der Waals surface area contributed by atoms with E-state index in [1.54, 1.807) is 12.1 Å². The first kappa shape index (κ1) is 10.7. The molecule has 4 heteroatoms. The normalized spacial score (nSPS) is 9.86. The Morgan fingerprint density at radius 1 is 1.50 bits per heavy atom. The fraction of sp³-hybridized carbons (Fsp3) is 0.300. The number of carbonyl (C=O) groups excluding carboxylic acids is 1. The van der Waals surface area contributed by atoms with Crippen LogP contribution >= 0.6 is 0 Å². The van der Waals surface area contributed by atoms with Crippen LogP contribution in [0.2, 0.25) is 0 Å². The highest BCUT2D eigenvalue weighted by molar-refractivity contribution is 5.76. The van der Waals surface area contributed by atoms with Gasteiger partial charge in [0, 0.05) is 6.54 Å². The van der Waals surface area contributed by atoms with Crippen LogP contribution in [0.4, 0.5) is 4.39 Å². The zero-order chi connectivity index (χ0) is 10.4. The monoisotopic (exact) mass is 197 g/mol. The molecule has 0 unspecified atom stereocenters. The zero-order valence-electron chi connectivity index (χ0n) is 7.66. The van der Waals surface area contributed by atoms with Crippen molar-refractivity contribution in [2.45, 2.75) is 6.42 Å². The molecule has 76 valence electrons. The number of halogens is 1. The molecule has 0 aromatic heterocycles. The van der Waals surface area contributed by atoms with Gasteiger partial charge < -0.3 is 10.4 Å². The van der Waals surface area contributed by atoms with Crippen LogP contribution in [-0.2, 0) is 11.2 Å². The van der Waals surface area contributed by atoms with E-state index < -0.39 is 12.5 Å². The van der Waals surface area contributed by atoms with E-state index in [0.717, 1.165) is 5.56 Å². The second kappa shape index (κ2) is 5.34. The number of aliphatic hydroxyl groups is 1. The summed E-state index contributed by atoms with van der Waals surface area (Å²) in [6.45, 7) is -0.105. The highest BCUT2D eigenvalue weighted by Gasteiger charge is 1.98. The molecule has 0 aliphatic heterocycles. The van der Waals surface area contributed by atoms with Crippen molar-refractivity contribution < 1.29 is 14.3 Å². The summed E-state index contributed by atoms with van der Waals surface area (Å²) in [4.78, 5) is 10.6. The van der Waals surface area contributed by atoms with Gasteiger partial charge in [-0.2, -0.15) is 0 Å². The number of carbonyl (C=O) groups is 1. The fourth-order valence-electron chi connectivity index (χ4n) is 1.09. The molecule has 0 saturated heterocycles. The Balaban J connectivity index is 2.35. The van der Waals surface area contributed by atoms with Gasteiger partial charge in [0.05, 0.1) is 0 Å². The third-order valence-corrected chi connectivity index (χ3v) is 1.77. The standard InChI is InChI=1S/C10H12FNO2/c11-9-3-1-2-8(6-9)4-5-12-10(14)7-13/h1-3,6,13H,4-5,7H2,(H,12,14). The summed E-state index contributed by atoms with van der Waals surface area (Å²) in [5.41, 5.74) is 0.822. The molecule has 0 saturated carbocycles. The van der Waals surface area contributed by atoms with Crippen molar-refractivity contribution in [3.05, 3.63) is 35.6 Å². The lowest BCUT2D eigenvalue weighted by atomic mass is 10.1. The predicted molar refractivity (Wildman–Crippen MR) is 50.2 cm³/mol. The van der Waals surface area contributed by atoms with Crippen molar-refractivity contribution in [2.24, 2.45) is 0 Å². The lowest BCUT2D eigenvalue weighted by Gasteiger charge is -2.03. The number of rotatable bonds is 4. The van der Waals surface area contributed by atoms with Crippen LogP contribution in [0.3, 0.4) is 0 Å². The van der Waals surface area contributed by atoms with Crippen molar-refractivity contribution in [1.82, 2.24) is 5.32 Å². The number of amides is 1. The SMILES string of the molecule is O=C(CO)NCCc1cccc(F)c1. The summed E-state index contributed by atoms with van der Waals surface area (Å²) in [6.07, 6.45) is 0.559. The number of aliphatic hydroxyl groups excluding tert-OH is 1. The average molecular weight is 197 g/mol. The maximum atomic E-state index is 12.7. The fourth-order valence-corrected chi connectivity index (χ4v) is 1.09. The van der Waals surface area contributed by atoms with E-state index in [-0.39, 0.29) is 5.82 Å². The molecule has 2 N–H and O–H groups in total. The van der Waals surface area contributed by atoms with Crippen LogP contribution in [0.1, 0.15) is 5.56 Å². The van der Waals surface area contributed by atoms with Crippen molar-refractivity contribution in [3.8, 4) is 0 Å². The molecule has 0 atom stereocenters. The Kier molecular flexibility index (Phi) is 4.07. The van der Waals surface area contributed by atoms with Crippen LogP contribution in [0, 0.1) is 5.82 Å². The Hall–Kier alpha value is -1.42. The van der Waals surface area contributed by atoms with Crippen molar-refractivity contribution >= 4 is 5.91 Å². The predicted octanol–water partition coefficient (Wildman–Crippen LogP) is 0.477. The van der Waals surface area contributed by atoms with Gasteiger partial charge in [-0.1, -0.05) is 12.1 Å². The van der Waals surface area contributed by atoms with E-state index in [9.17, 15) is 9.18 Å². The smallest absolute Gasteiger partial charge is 0.245 e. The van der Waals surface area contributed by atoms with Gasteiger partial charge in [-0.15, -0.1) is 0 Å². The molecule has 3 nitrogen and oxygen atoms in total. The lowest BCUT2D eigenvalue weighted by molar-refractivity contribution is -0.123. The minimum atomic E-state index is -0.511. The summed E-state index contributed by atoms with van der Waals surface area (Å²) in [5, 5.41) is 10.9. The average Bonchev–Trinajstić information content (AvgIpc) is 2.17. The van der Waals surface area contributed by atoms with Crippen LogP contribution in [-0.4, -0.2) is 24.2 Å². The van der Waals surface area contributed by atoms with Gasteiger partial charge in [-0.05, 0) is 24.1 Å². The largest absolute Gasteiger partial charge is 0.387 e. The molecule has 0 heterocycles. The summed E-state index contributed by atoms with van der Waals surface area (Å²) < 4.78 is 12.7. The van der Waals surface area contributed by atoms with Crippen LogP contribution in [0.25, 0.3) is 0 Å². The highest BCUT2D eigenvalue weighted by Crippen LogP contribution is 2.03. The van der Waals surface area contributed by atoms with Crippen molar-refractivity contribution in [1.29, 1.82) is 0 Å². The quantitative estimate of drug-likeness (QED) is 0.737. The summed E-state index contributed by atoms with van der Waals surface area (Å²) in [7, 11) is 0. The van der Waals surface area contributed by atoms with E-state index in [0.29, 0.717) is 13.0 Å². The zero-order valence-corrected chi connectivity index (χ0v) is 7.66. The molecule has 1 rings (SSSR count). The maximum Gasteiger partial charge on any atom is 0.245 e. The van der Waals surface area contributed by atoms with E-state index in [4.69, 9.17) is 5.11 Å². The Bertz CT molecular complexity index is 315. The van der Waals surface area contributed by atoms with E-state index >= 15 is 0 Å². The molecule has 0 bridgehead atoms. The Morgan fingerprint density at radius 3 is 2.93 bits per heavy atom. The van der Waals surface area contributed by atoms with Gasteiger partial charge >= 0.3 is 0 Å². The number of hydrogen-bond donors (Lipinski definition) is 2. The van der Waals surface area contributed by atoms with E-state index in [2.05, 4.69) is 5.32 Å². The summed E-state index contributed by atoms with van der Waals surface area (Å²) in [5.74, 6) is -0.697. The van der Waals surface area contributed by atoms with Crippen LogP contribution in [0.5, 0.6) is 0 Å². The minimum Gasteiger partial charge on any atom is -0.387 e. The van der Waals surface area contributed by atoms with Gasteiger partial charge in [0.15, 0.2) is 0 Å². The molecule has 1 aromatic carbocycles. The lowest BCUT2D eigenvalue weighted by Crippen LogP contribution is -2.28. The maximum absolute atomic E-state index is 12.7. The van der Waals surface area contributed by atoms with Crippen molar-refractivity contribution in [2.75, 3.05) is 13.2 Å². The molecule has 14 heavy (non-hydrogen) atoms. The first-order valence-corrected chi connectivity index (χ1v) is 4.34. The molecular weight excluding hydrogens is 185 g/mol. The molecule has 0 fully saturated rings. The van der Waals surface area contributed by atoms with Crippen molar-refractivity contribution in [3.63, 3.8) is 0 Å². The number of nitrogens with one attached hydrogen (secondary N) is 1. The van der Waals surface area contributed by atoms with Crippen LogP contribution in [0.15, 0.2) is 24.3 Å². The molecular formula is C10H12FNO2. The number of benzene rings is 1. The van der Waals surface area contributed by atoms with E-state index in [1.165, 1.54) is 12.1 Å². The van der Waals surface area contributed by atoms with Gasteiger partial charge in [0.2, 0.25) is 5.91 Å². The van der Waals surface area contributed by atoms with E-state index in [1.807, 2.05) is 0 Å². The van der Waals surface area contributed by atoms with Gasteiger partial charge in [0.25, 0.3) is 0 Å².